The average molecular weight is 514 g/mol. The SMILES string of the molecule is Cc1cc(NC(=O)/N=C(/OC(C)C)c2ccccc2[N+](=O)[O-])ccc1Oc1ncc(Br)cn1. The Kier molecular flexibility index (Phi) is 7.67. The number of aliphatic imine (C=N–C) groups is 1. The lowest BCUT2D eigenvalue weighted by molar-refractivity contribution is -0.385. The van der Waals surface area contributed by atoms with Crippen LogP contribution in [0.2, 0.25) is 0 Å². The van der Waals surface area contributed by atoms with Gasteiger partial charge in [-0.05, 0) is 66.5 Å². The molecule has 0 unspecified atom stereocenters. The Morgan fingerprint density at radius 3 is 2.52 bits per heavy atom. The quantitative estimate of drug-likeness (QED) is 0.195. The van der Waals surface area contributed by atoms with Crippen molar-refractivity contribution in [2.45, 2.75) is 26.9 Å². The zero-order valence-corrected chi connectivity index (χ0v) is 19.6. The van der Waals surface area contributed by atoms with E-state index < -0.39 is 11.0 Å². The monoisotopic (exact) mass is 513 g/mol. The van der Waals surface area contributed by atoms with E-state index in [4.69, 9.17) is 9.47 Å². The van der Waals surface area contributed by atoms with Gasteiger partial charge in [0.05, 0.1) is 15.5 Å². The van der Waals surface area contributed by atoms with Crippen LogP contribution in [0.5, 0.6) is 11.8 Å². The van der Waals surface area contributed by atoms with E-state index in [1.165, 1.54) is 18.2 Å². The maximum Gasteiger partial charge on any atom is 0.348 e. The van der Waals surface area contributed by atoms with E-state index in [-0.39, 0.29) is 29.3 Å². The van der Waals surface area contributed by atoms with Gasteiger partial charge in [-0.1, -0.05) is 12.1 Å². The number of nitro benzene ring substituents is 1. The van der Waals surface area contributed by atoms with Gasteiger partial charge in [-0.3, -0.25) is 10.1 Å². The highest BCUT2D eigenvalue weighted by Gasteiger charge is 2.21. The molecule has 0 atom stereocenters. The van der Waals surface area contributed by atoms with Gasteiger partial charge in [-0.25, -0.2) is 14.8 Å². The predicted molar refractivity (Wildman–Crippen MR) is 126 cm³/mol. The smallest absolute Gasteiger partial charge is 0.348 e. The lowest BCUT2D eigenvalue weighted by Gasteiger charge is -2.13. The fourth-order valence-corrected chi connectivity index (χ4v) is 2.93. The van der Waals surface area contributed by atoms with E-state index >= 15 is 0 Å². The summed E-state index contributed by atoms with van der Waals surface area (Å²) in [6.07, 6.45) is 2.78. The third-order valence-corrected chi connectivity index (χ3v) is 4.52. The van der Waals surface area contributed by atoms with Crippen LogP contribution in [0.4, 0.5) is 16.2 Å². The van der Waals surface area contributed by atoms with Gasteiger partial charge in [0.25, 0.3) is 5.69 Å². The number of hydrogen-bond acceptors (Lipinski definition) is 7. The van der Waals surface area contributed by atoms with Crippen LogP contribution in [-0.4, -0.2) is 32.9 Å². The van der Waals surface area contributed by atoms with Crippen LogP contribution >= 0.6 is 15.9 Å². The highest BCUT2D eigenvalue weighted by molar-refractivity contribution is 9.10. The first-order valence-electron chi connectivity index (χ1n) is 9.79. The number of carbonyl (C=O) groups excluding carboxylic acids is 1. The second-order valence-electron chi connectivity index (χ2n) is 7.05. The molecule has 3 rings (SSSR count). The molecule has 0 saturated heterocycles. The molecule has 0 radical (unpaired) electrons. The second kappa shape index (κ2) is 10.6. The molecule has 0 aliphatic carbocycles. The minimum atomic E-state index is -0.742. The van der Waals surface area contributed by atoms with Crippen LogP contribution in [0.3, 0.4) is 0 Å². The number of nitrogens with one attached hydrogen (secondary N) is 1. The van der Waals surface area contributed by atoms with Gasteiger partial charge in [0.2, 0.25) is 5.90 Å². The topological polar surface area (TPSA) is 129 Å². The number of carbonyl (C=O) groups is 1. The van der Waals surface area contributed by atoms with E-state index in [0.29, 0.717) is 11.4 Å². The number of aromatic nitrogens is 2. The molecule has 170 valence electrons. The summed E-state index contributed by atoms with van der Waals surface area (Å²) in [5.74, 6) is 0.376. The number of amides is 2. The van der Waals surface area contributed by atoms with Crippen molar-refractivity contribution in [1.29, 1.82) is 0 Å². The van der Waals surface area contributed by atoms with Crippen LogP contribution in [0, 0.1) is 17.0 Å². The van der Waals surface area contributed by atoms with Crippen LogP contribution in [-0.2, 0) is 4.74 Å². The Morgan fingerprint density at radius 2 is 1.88 bits per heavy atom. The molecule has 1 heterocycles. The van der Waals surface area contributed by atoms with Crippen molar-refractivity contribution >= 4 is 39.2 Å². The predicted octanol–water partition coefficient (Wildman–Crippen LogP) is 5.65. The third-order valence-electron chi connectivity index (χ3n) is 4.11. The van der Waals surface area contributed by atoms with Crippen molar-refractivity contribution in [2.24, 2.45) is 4.99 Å². The molecule has 10 nitrogen and oxygen atoms in total. The number of nitrogens with zero attached hydrogens (tertiary/aromatic N) is 4. The van der Waals surface area contributed by atoms with Crippen LogP contribution < -0.4 is 10.1 Å². The highest BCUT2D eigenvalue weighted by atomic mass is 79.9. The molecule has 2 aromatic carbocycles. The number of urea groups is 1. The van der Waals surface area contributed by atoms with Crippen molar-refractivity contribution in [3.63, 3.8) is 0 Å². The summed E-state index contributed by atoms with van der Waals surface area (Å²) in [5, 5.41) is 14.0. The van der Waals surface area contributed by atoms with Crippen molar-refractivity contribution in [3.8, 4) is 11.8 Å². The van der Waals surface area contributed by atoms with E-state index in [1.807, 2.05) is 0 Å². The number of anilines is 1. The minimum Gasteiger partial charge on any atom is -0.474 e. The third kappa shape index (κ3) is 6.56. The van der Waals surface area contributed by atoms with E-state index in [1.54, 1.807) is 57.4 Å². The Hall–Kier alpha value is -3.86. The lowest BCUT2D eigenvalue weighted by Crippen LogP contribution is -2.18. The van der Waals surface area contributed by atoms with Gasteiger partial charge < -0.3 is 14.8 Å². The minimum absolute atomic E-state index is 0.112. The number of halogens is 1. The van der Waals surface area contributed by atoms with Gasteiger partial charge in [0, 0.05) is 24.1 Å². The first-order chi connectivity index (χ1) is 15.7. The summed E-state index contributed by atoms with van der Waals surface area (Å²) in [5.41, 5.74) is 1.08. The zero-order chi connectivity index (χ0) is 24.0. The van der Waals surface area contributed by atoms with E-state index in [9.17, 15) is 14.9 Å². The molecule has 0 bridgehead atoms. The highest BCUT2D eigenvalue weighted by Crippen LogP contribution is 2.26. The standard InChI is InChI=1S/C22H20BrN5O5/c1-13(2)32-20(17-6-4-5-7-18(17)28(30)31)27-21(29)26-16-8-9-19(14(3)10-16)33-22-24-11-15(23)12-25-22/h4-13H,1-3H3,(H,26,29)/b27-20+. The first kappa shape index (κ1) is 23.8. The van der Waals surface area contributed by atoms with Crippen molar-refractivity contribution in [1.82, 2.24) is 9.97 Å². The van der Waals surface area contributed by atoms with E-state index in [0.717, 1.165) is 10.0 Å². The number of rotatable bonds is 6. The average Bonchev–Trinajstić information content (AvgIpc) is 2.76. The molecule has 0 aliphatic heterocycles. The Labute approximate surface area is 198 Å². The van der Waals surface area contributed by atoms with Gasteiger partial charge in [-0.15, -0.1) is 0 Å². The van der Waals surface area contributed by atoms with Crippen LogP contribution in [0.25, 0.3) is 0 Å². The zero-order valence-electron chi connectivity index (χ0n) is 18.0. The molecule has 11 heteroatoms. The number of benzene rings is 2. The number of para-hydroxylation sites is 1. The molecule has 1 aromatic heterocycles. The van der Waals surface area contributed by atoms with Crippen LogP contribution in [0.15, 0.2) is 64.3 Å². The molecule has 2 amide bonds. The maximum atomic E-state index is 12.6. The number of aryl methyl sites for hydroxylation is 1. The molecular weight excluding hydrogens is 494 g/mol. The molecule has 0 saturated carbocycles. The molecule has 0 fully saturated rings. The first-order valence-corrected chi connectivity index (χ1v) is 10.6. The van der Waals surface area contributed by atoms with Gasteiger partial charge >= 0.3 is 12.0 Å². The molecular formula is C22H20BrN5O5. The van der Waals surface area contributed by atoms with Gasteiger partial charge in [0.15, 0.2) is 0 Å². The molecule has 33 heavy (non-hydrogen) atoms. The number of ether oxygens (including phenoxy) is 2. The molecule has 0 aliphatic rings. The fourth-order valence-electron chi connectivity index (χ4n) is 2.72. The Morgan fingerprint density at radius 1 is 1.18 bits per heavy atom. The summed E-state index contributed by atoms with van der Waals surface area (Å²) in [6, 6.07) is 10.4. The maximum absolute atomic E-state index is 12.6. The van der Waals surface area contributed by atoms with Crippen LogP contribution in [0.1, 0.15) is 25.0 Å². The van der Waals surface area contributed by atoms with Crippen molar-refractivity contribution in [2.75, 3.05) is 5.32 Å². The number of nitro groups is 1. The van der Waals surface area contributed by atoms with Crippen molar-refractivity contribution in [3.05, 3.63) is 80.6 Å². The lowest BCUT2D eigenvalue weighted by atomic mass is 10.2. The van der Waals surface area contributed by atoms with Gasteiger partial charge in [0.1, 0.15) is 11.3 Å². The van der Waals surface area contributed by atoms with Gasteiger partial charge in [-0.2, -0.15) is 4.99 Å². The summed E-state index contributed by atoms with van der Waals surface area (Å²) in [4.78, 5) is 35.5. The largest absolute Gasteiger partial charge is 0.474 e. The summed E-state index contributed by atoms with van der Waals surface area (Å²) in [7, 11) is 0. The molecule has 0 spiro atoms. The summed E-state index contributed by atoms with van der Waals surface area (Å²) in [6.45, 7) is 5.27. The summed E-state index contributed by atoms with van der Waals surface area (Å²) < 4.78 is 12.0. The second-order valence-corrected chi connectivity index (χ2v) is 7.97. The molecule has 3 aromatic rings. The van der Waals surface area contributed by atoms with E-state index in [2.05, 4.69) is 36.2 Å². The number of hydrogen-bond donors (Lipinski definition) is 1. The molecule has 1 N–H and O–H groups in total. The normalized spacial score (nSPS) is 11.2. The fraction of sp³-hybridized carbons (Fsp3) is 0.182. The summed E-state index contributed by atoms with van der Waals surface area (Å²) >= 11 is 3.26. The Bertz CT molecular complexity index is 1200. The van der Waals surface area contributed by atoms with Crippen molar-refractivity contribution < 1.29 is 19.2 Å². The Balaban J connectivity index is 1.80.